The van der Waals surface area contributed by atoms with E-state index in [0.717, 1.165) is 0 Å². The van der Waals surface area contributed by atoms with Crippen LogP contribution in [0.3, 0.4) is 0 Å². The normalized spacial score (nSPS) is 13.9. The number of rotatable bonds is 11. The average molecular weight is 379 g/mol. The number of aliphatic carboxylic acids is 1. The maximum absolute atomic E-state index is 12.0. The molecule has 0 aliphatic rings. The van der Waals surface area contributed by atoms with Crippen LogP contribution in [0.25, 0.3) is 0 Å². The maximum Gasteiger partial charge on any atom is 0.326 e. The molecule has 0 aliphatic heterocycles. The van der Waals surface area contributed by atoms with E-state index in [4.69, 9.17) is 21.7 Å². The largest absolute Gasteiger partial charge is 0.480 e. The number of thiol groups is 1. The van der Waals surface area contributed by atoms with Gasteiger partial charge < -0.3 is 37.6 Å². The van der Waals surface area contributed by atoms with Crippen LogP contribution >= 0.6 is 12.6 Å². The van der Waals surface area contributed by atoms with Gasteiger partial charge in [-0.25, -0.2) is 4.79 Å². The van der Waals surface area contributed by atoms with Crippen molar-refractivity contribution in [2.24, 2.45) is 11.5 Å². The second-order valence-electron chi connectivity index (χ2n) is 4.88. The summed E-state index contributed by atoms with van der Waals surface area (Å²) in [5.41, 5.74) is 10.1. The molecule has 0 aliphatic carbocycles. The fourth-order valence-electron chi connectivity index (χ4n) is 1.49. The van der Waals surface area contributed by atoms with E-state index >= 15 is 0 Å². The van der Waals surface area contributed by atoms with Crippen molar-refractivity contribution in [2.75, 3.05) is 18.9 Å². The SMILES string of the molecule is NC(=O)CC(NC(=O)C(CS)NC(=O)CNC(=O)C(N)CO)C(=O)O. The van der Waals surface area contributed by atoms with Crippen molar-refractivity contribution in [3.8, 4) is 0 Å². The number of nitrogens with two attached hydrogens (primary N) is 2. The Labute approximate surface area is 148 Å². The van der Waals surface area contributed by atoms with Crippen LogP contribution < -0.4 is 27.4 Å². The summed E-state index contributed by atoms with van der Waals surface area (Å²) in [4.78, 5) is 56.7. The van der Waals surface area contributed by atoms with Crippen LogP contribution in [-0.2, 0) is 24.0 Å². The van der Waals surface area contributed by atoms with Gasteiger partial charge >= 0.3 is 5.97 Å². The quantitative estimate of drug-likeness (QED) is 0.163. The van der Waals surface area contributed by atoms with Crippen LogP contribution in [0, 0.1) is 0 Å². The smallest absolute Gasteiger partial charge is 0.326 e. The fraction of sp³-hybridized carbons (Fsp3) is 0.583. The molecule has 3 atom stereocenters. The molecule has 0 radical (unpaired) electrons. The Balaban J connectivity index is 4.62. The predicted octanol–water partition coefficient (Wildman–Crippen LogP) is -4.72. The highest BCUT2D eigenvalue weighted by molar-refractivity contribution is 7.80. The lowest BCUT2D eigenvalue weighted by molar-refractivity contribution is -0.143. The third-order valence-corrected chi connectivity index (χ3v) is 3.18. The van der Waals surface area contributed by atoms with Crippen molar-refractivity contribution in [2.45, 2.75) is 24.5 Å². The number of aliphatic hydroxyl groups excluding tert-OH is 1. The highest BCUT2D eigenvalue weighted by Crippen LogP contribution is 1.96. The molecule has 0 fully saturated rings. The van der Waals surface area contributed by atoms with E-state index in [1.54, 1.807) is 0 Å². The summed E-state index contributed by atoms with van der Waals surface area (Å²) in [5, 5.41) is 24.0. The minimum atomic E-state index is -1.55. The molecule has 0 aromatic rings. The monoisotopic (exact) mass is 379 g/mol. The number of carboxylic acids is 1. The molecule has 25 heavy (non-hydrogen) atoms. The Morgan fingerprint density at radius 1 is 1.04 bits per heavy atom. The van der Waals surface area contributed by atoms with Crippen molar-refractivity contribution in [3.05, 3.63) is 0 Å². The number of amides is 4. The van der Waals surface area contributed by atoms with Crippen LogP contribution in [-0.4, -0.2) is 76.8 Å². The van der Waals surface area contributed by atoms with Gasteiger partial charge in [0.25, 0.3) is 0 Å². The van der Waals surface area contributed by atoms with Gasteiger partial charge in [0.2, 0.25) is 23.6 Å². The first-order valence-corrected chi connectivity index (χ1v) is 7.61. The molecule has 0 aromatic heterocycles. The molecular weight excluding hydrogens is 358 g/mol. The summed E-state index contributed by atoms with van der Waals surface area (Å²) in [6.07, 6.45) is -0.622. The number of primary amides is 1. The molecule has 0 aromatic carbocycles. The molecule has 142 valence electrons. The van der Waals surface area contributed by atoms with Crippen LogP contribution in [0.1, 0.15) is 6.42 Å². The Morgan fingerprint density at radius 3 is 2.08 bits per heavy atom. The summed E-state index contributed by atoms with van der Waals surface area (Å²) in [6.45, 7) is -1.13. The van der Waals surface area contributed by atoms with Gasteiger partial charge in [0.15, 0.2) is 0 Å². The van der Waals surface area contributed by atoms with Crippen molar-refractivity contribution in [1.29, 1.82) is 0 Å². The van der Waals surface area contributed by atoms with Crippen molar-refractivity contribution in [1.82, 2.24) is 16.0 Å². The Bertz CT molecular complexity index is 530. The second kappa shape index (κ2) is 11.2. The van der Waals surface area contributed by atoms with Gasteiger partial charge in [0.05, 0.1) is 19.6 Å². The molecule has 4 amide bonds. The van der Waals surface area contributed by atoms with Crippen molar-refractivity contribution in [3.63, 3.8) is 0 Å². The number of nitrogens with one attached hydrogen (secondary N) is 3. The molecular formula is C12H21N5O7S. The highest BCUT2D eigenvalue weighted by Gasteiger charge is 2.27. The number of carbonyl (C=O) groups excluding carboxylic acids is 4. The summed E-state index contributed by atoms with van der Waals surface area (Å²) >= 11 is 3.88. The lowest BCUT2D eigenvalue weighted by atomic mass is 10.2. The van der Waals surface area contributed by atoms with Gasteiger partial charge in [-0.2, -0.15) is 12.6 Å². The minimum absolute atomic E-state index is 0.176. The lowest BCUT2D eigenvalue weighted by Crippen LogP contribution is -2.55. The van der Waals surface area contributed by atoms with Gasteiger partial charge in [0.1, 0.15) is 18.1 Å². The van der Waals surface area contributed by atoms with Crippen molar-refractivity contribution >= 4 is 42.2 Å². The first-order chi connectivity index (χ1) is 11.6. The maximum atomic E-state index is 12.0. The van der Waals surface area contributed by atoms with Gasteiger partial charge in [-0.15, -0.1) is 0 Å². The number of carboxylic acid groups (broad SMARTS) is 1. The fourth-order valence-corrected chi connectivity index (χ4v) is 1.75. The predicted molar refractivity (Wildman–Crippen MR) is 87.2 cm³/mol. The van der Waals surface area contributed by atoms with Crippen LogP contribution in [0.4, 0.5) is 0 Å². The van der Waals surface area contributed by atoms with E-state index in [-0.39, 0.29) is 5.75 Å². The summed E-state index contributed by atoms with van der Waals surface area (Å²) in [5.74, 6) is -5.00. The van der Waals surface area contributed by atoms with E-state index in [1.807, 2.05) is 0 Å². The van der Waals surface area contributed by atoms with E-state index in [2.05, 4.69) is 28.6 Å². The number of hydrogen-bond acceptors (Lipinski definition) is 8. The minimum Gasteiger partial charge on any atom is -0.480 e. The summed E-state index contributed by atoms with van der Waals surface area (Å²) < 4.78 is 0. The van der Waals surface area contributed by atoms with E-state index in [1.165, 1.54) is 0 Å². The number of aliphatic hydroxyl groups is 1. The zero-order valence-electron chi connectivity index (χ0n) is 13.1. The third-order valence-electron chi connectivity index (χ3n) is 2.81. The topological polar surface area (TPSA) is 214 Å². The van der Waals surface area contributed by atoms with E-state index in [9.17, 15) is 24.0 Å². The van der Waals surface area contributed by atoms with Crippen LogP contribution in [0.2, 0.25) is 0 Å². The molecule has 12 nitrogen and oxygen atoms in total. The van der Waals surface area contributed by atoms with Gasteiger partial charge in [-0.05, 0) is 0 Å². The summed E-state index contributed by atoms with van der Waals surface area (Å²) in [6, 6.07) is -3.96. The molecule has 9 N–H and O–H groups in total. The Kier molecular flexibility index (Phi) is 10.2. The number of hydrogen-bond donors (Lipinski definition) is 8. The Morgan fingerprint density at radius 2 is 1.64 bits per heavy atom. The molecule has 0 saturated carbocycles. The molecule has 0 bridgehead atoms. The van der Waals surface area contributed by atoms with Gasteiger partial charge in [-0.3, -0.25) is 19.2 Å². The van der Waals surface area contributed by atoms with E-state index < -0.39 is 67.3 Å². The number of carbonyl (C=O) groups is 5. The van der Waals surface area contributed by atoms with Gasteiger partial charge in [-0.1, -0.05) is 0 Å². The van der Waals surface area contributed by atoms with Crippen molar-refractivity contribution < 1.29 is 34.2 Å². The highest BCUT2D eigenvalue weighted by atomic mass is 32.1. The zero-order valence-corrected chi connectivity index (χ0v) is 14.0. The summed E-state index contributed by atoms with van der Waals surface area (Å²) in [7, 11) is 0. The third kappa shape index (κ3) is 8.88. The van der Waals surface area contributed by atoms with Gasteiger partial charge in [0, 0.05) is 5.75 Å². The first-order valence-electron chi connectivity index (χ1n) is 6.98. The Hall–Kier alpha value is -2.38. The van der Waals surface area contributed by atoms with Crippen LogP contribution in [0.5, 0.6) is 0 Å². The van der Waals surface area contributed by atoms with Crippen LogP contribution in [0.15, 0.2) is 0 Å². The molecule has 0 saturated heterocycles. The zero-order chi connectivity index (χ0) is 19.6. The molecule has 0 spiro atoms. The molecule has 0 rings (SSSR count). The average Bonchev–Trinajstić information content (AvgIpc) is 2.55. The first kappa shape index (κ1) is 22.6. The standard InChI is InChI=1S/C12H21N5O7S/c13-5(3-18)10(21)15-2-9(20)16-7(4-25)11(22)17-6(12(23)24)1-8(14)19/h5-7,18,25H,1-4,13H2,(H2,14,19)(H,15,21)(H,16,20)(H,17,22)(H,23,24). The van der Waals surface area contributed by atoms with E-state index in [0.29, 0.717) is 0 Å². The lowest BCUT2D eigenvalue weighted by Gasteiger charge is -2.19. The molecule has 13 heteroatoms. The second-order valence-corrected chi connectivity index (χ2v) is 5.24. The molecule has 3 unspecified atom stereocenters. The molecule has 0 heterocycles.